The van der Waals surface area contributed by atoms with Gasteiger partial charge in [-0.25, -0.2) is 4.98 Å². The summed E-state index contributed by atoms with van der Waals surface area (Å²) >= 11 is 0. The standard InChI is InChI=1S/C21H23N5O3/c1-14-8-16(11-22-10-14)21(28)26-6-5-25-13-17(24-20(25)15(26)2)9-19(27)23-12-18-4-3-7-29-18/h3-4,7-8,10-11,13,15H,5-6,9,12H2,1-2H3,(H,23,27)/t15-/m1/s1. The molecule has 0 aliphatic carbocycles. The second-order valence-electron chi connectivity index (χ2n) is 7.24. The molecule has 8 heteroatoms. The molecule has 150 valence electrons. The largest absolute Gasteiger partial charge is 0.467 e. The van der Waals surface area contributed by atoms with Crippen LogP contribution in [0.15, 0.2) is 47.5 Å². The number of imidazole rings is 1. The van der Waals surface area contributed by atoms with Crippen molar-refractivity contribution < 1.29 is 14.0 Å². The van der Waals surface area contributed by atoms with Gasteiger partial charge >= 0.3 is 0 Å². The van der Waals surface area contributed by atoms with Gasteiger partial charge in [0, 0.05) is 31.7 Å². The number of carbonyl (C=O) groups excluding carboxylic acids is 2. The molecule has 0 saturated heterocycles. The van der Waals surface area contributed by atoms with Crippen molar-refractivity contribution in [2.45, 2.75) is 39.4 Å². The molecule has 0 spiro atoms. The molecule has 2 amide bonds. The zero-order chi connectivity index (χ0) is 20.4. The van der Waals surface area contributed by atoms with Crippen LogP contribution in [0.2, 0.25) is 0 Å². The highest BCUT2D eigenvalue weighted by Gasteiger charge is 2.30. The lowest BCUT2D eigenvalue weighted by Crippen LogP contribution is -2.41. The Morgan fingerprint density at radius 3 is 2.93 bits per heavy atom. The van der Waals surface area contributed by atoms with E-state index in [0.29, 0.717) is 36.7 Å². The van der Waals surface area contributed by atoms with Gasteiger partial charge in [-0.05, 0) is 37.6 Å². The molecule has 1 aliphatic heterocycles. The van der Waals surface area contributed by atoms with Crippen LogP contribution < -0.4 is 5.32 Å². The second-order valence-corrected chi connectivity index (χ2v) is 7.24. The highest BCUT2D eigenvalue weighted by atomic mass is 16.3. The normalized spacial score (nSPS) is 15.8. The molecular formula is C21H23N5O3. The van der Waals surface area contributed by atoms with Crippen LogP contribution in [-0.2, 0) is 24.3 Å². The maximum atomic E-state index is 12.9. The van der Waals surface area contributed by atoms with E-state index in [2.05, 4.69) is 15.3 Å². The van der Waals surface area contributed by atoms with Gasteiger partial charge < -0.3 is 19.2 Å². The Labute approximate surface area is 168 Å². The summed E-state index contributed by atoms with van der Waals surface area (Å²) in [5.74, 6) is 1.32. The average Bonchev–Trinajstić information content (AvgIpc) is 3.36. The van der Waals surface area contributed by atoms with Gasteiger partial charge in [0.05, 0.1) is 36.5 Å². The van der Waals surface area contributed by atoms with Gasteiger partial charge in [-0.15, -0.1) is 0 Å². The van der Waals surface area contributed by atoms with E-state index >= 15 is 0 Å². The lowest BCUT2D eigenvalue weighted by molar-refractivity contribution is -0.120. The first kappa shape index (κ1) is 18.9. The topological polar surface area (TPSA) is 93.3 Å². The number of furan rings is 1. The van der Waals surface area contributed by atoms with E-state index in [-0.39, 0.29) is 24.3 Å². The number of nitrogens with zero attached hydrogens (tertiary/aromatic N) is 4. The molecule has 1 N–H and O–H groups in total. The number of pyridine rings is 1. The number of amides is 2. The summed E-state index contributed by atoms with van der Waals surface area (Å²) in [5.41, 5.74) is 2.22. The molecular weight excluding hydrogens is 370 g/mol. The first-order valence-corrected chi connectivity index (χ1v) is 9.59. The minimum atomic E-state index is -0.184. The molecule has 1 atom stereocenters. The van der Waals surface area contributed by atoms with Gasteiger partial charge in [0.15, 0.2) is 0 Å². The maximum Gasteiger partial charge on any atom is 0.256 e. The van der Waals surface area contributed by atoms with E-state index in [4.69, 9.17) is 4.42 Å². The second kappa shape index (κ2) is 7.90. The van der Waals surface area contributed by atoms with Crippen molar-refractivity contribution in [3.05, 3.63) is 71.5 Å². The summed E-state index contributed by atoms with van der Waals surface area (Å²) in [6.45, 7) is 5.45. The van der Waals surface area contributed by atoms with E-state index in [0.717, 1.165) is 11.4 Å². The van der Waals surface area contributed by atoms with E-state index in [1.807, 2.05) is 36.7 Å². The summed E-state index contributed by atoms with van der Waals surface area (Å²) in [7, 11) is 0. The third-order valence-corrected chi connectivity index (χ3v) is 5.04. The summed E-state index contributed by atoms with van der Waals surface area (Å²) in [5, 5.41) is 2.83. The number of fused-ring (bicyclic) bond motifs is 1. The fourth-order valence-electron chi connectivity index (χ4n) is 3.57. The summed E-state index contributed by atoms with van der Waals surface area (Å²) in [6.07, 6.45) is 6.98. The van der Waals surface area contributed by atoms with Gasteiger partial charge in [-0.2, -0.15) is 0 Å². The summed E-state index contributed by atoms with van der Waals surface area (Å²) < 4.78 is 7.24. The van der Waals surface area contributed by atoms with Crippen molar-refractivity contribution in [1.82, 2.24) is 24.8 Å². The van der Waals surface area contributed by atoms with Crippen LogP contribution in [0.4, 0.5) is 0 Å². The monoisotopic (exact) mass is 393 g/mol. The van der Waals surface area contributed by atoms with Crippen LogP contribution in [0.5, 0.6) is 0 Å². The Kier molecular flexibility index (Phi) is 5.16. The zero-order valence-corrected chi connectivity index (χ0v) is 16.5. The van der Waals surface area contributed by atoms with Crippen LogP contribution in [-0.4, -0.2) is 37.8 Å². The molecule has 0 saturated carbocycles. The maximum absolute atomic E-state index is 12.9. The molecule has 0 radical (unpaired) electrons. The molecule has 8 nitrogen and oxygen atoms in total. The van der Waals surface area contributed by atoms with E-state index in [1.54, 1.807) is 29.6 Å². The number of rotatable bonds is 5. The van der Waals surface area contributed by atoms with Crippen molar-refractivity contribution >= 4 is 11.8 Å². The molecule has 0 aromatic carbocycles. The third kappa shape index (κ3) is 4.06. The van der Waals surface area contributed by atoms with E-state index < -0.39 is 0 Å². The quantitative estimate of drug-likeness (QED) is 0.718. The Bertz CT molecular complexity index is 1020. The lowest BCUT2D eigenvalue weighted by Gasteiger charge is -2.33. The average molecular weight is 393 g/mol. The number of carbonyl (C=O) groups is 2. The Hall–Kier alpha value is -3.42. The van der Waals surface area contributed by atoms with Gasteiger partial charge in [0.1, 0.15) is 11.6 Å². The Balaban J connectivity index is 1.43. The minimum Gasteiger partial charge on any atom is -0.467 e. The van der Waals surface area contributed by atoms with Crippen molar-refractivity contribution in [2.24, 2.45) is 0 Å². The minimum absolute atomic E-state index is 0.0549. The number of aryl methyl sites for hydroxylation is 1. The smallest absolute Gasteiger partial charge is 0.256 e. The molecule has 3 aromatic heterocycles. The summed E-state index contributed by atoms with van der Waals surface area (Å²) in [4.78, 5) is 35.7. The first-order valence-electron chi connectivity index (χ1n) is 9.59. The highest BCUT2D eigenvalue weighted by Crippen LogP contribution is 2.26. The van der Waals surface area contributed by atoms with E-state index in [9.17, 15) is 9.59 Å². The van der Waals surface area contributed by atoms with Crippen LogP contribution in [0.1, 0.15) is 46.2 Å². The molecule has 1 aliphatic rings. The molecule has 29 heavy (non-hydrogen) atoms. The van der Waals surface area contributed by atoms with Gasteiger partial charge in [-0.1, -0.05) is 0 Å². The van der Waals surface area contributed by atoms with Crippen molar-refractivity contribution in [1.29, 1.82) is 0 Å². The fourth-order valence-corrected chi connectivity index (χ4v) is 3.57. The molecule has 0 unspecified atom stereocenters. The van der Waals surface area contributed by atoms with Gasteiger partial charge in [0.25, 0.3) is 5.91 Å². The van der Waals surface area contributed by atoms with Crippen LogP contribution in [0.25, 0.3) is 0 Å². The summed E-state index contributed by atoms with van der Waals surface area (Å²) in [6, 6.07) is 5.26. The number of hydrogen-bond acceptors (Lipinski definition) is 5. The first-order chi connectivity index (χ1) is 14.0. The molecule has 4 heterocycles. The number of aromatic nitrogens is 3. The lowest BCUT2D eigenvalue weighted by atomic mass is 10.1. The van der Waals surface area contributed by atoms with Crippen molar-refractivity contribution in [2.75, 3.05) is 6.54 Å². The molecule has 3 aromatic rings. The number of nitrogens with one attached hydrogen (secondary N) is 1. The highest BCUT2D eigenvalue weighted by molar-refractivity contribution is 5.94. The van der Waals surface area contributed by atoms with Crippen LogP contribution in [0, 0.1) is 6.92 Å². The molecule has 0 bridgehead atoms. The number of hydrogen-bond donors (Lipinski definition) is 1. The molecule has 0 fully saturated rings. The van der Waals surface area contributed by atoms with Gasteiger partial charge in [0.2, 0.25) is 5.91 Å². The zero-order valence-electron chi connectivity index (χ0n) is 16.5. The fraction of sp³-hybridized carbons (Fsp3) is 0.333. The van der Waals surface area contributed by atoms with Crippen LogP contribution in [0.3, 0.4) is 0 Å². The van der Waals surface area contributed by atoms with Crippen LogP contribution >= 0.6 is 0 Å². The van der Waals surface area contributed by atoms with Crippen molar-refractivity contribution in [3.8, 4) is 0 Å². The van der Waals surface area contributed by atoms with Gasteiger partial charge in [-0.3, -0.25) is 14.6 Å². The Morgan fingerprint density at radius 2 is 2.17 bits per heavy atom. The predicted molar refractivity (Wildman–Crippen MR) is 105 cm³/mol. The Morgan fingerprint density at radius 1 is 1.31 bits per heavy atom. The molecule has 4 rings (SSSR count). The van der Waals surface area contributed by atoms with Crippen molar-refractivity contribution in [3.63, 3.8) is 0 Å². The predicted octanol–water partition coefficient (Wildman–Crippen LogP) is 2.26. The third-order valence-electron chi connectivity index (χ3n) is 5.04. The van der Waals surface area contributed by atoms with E-state index in [1.165, 1.54) is 0 Å². The SMILES string of the molecule is Cc1cncc(C(=O)N2CCn3cc(CC(=O)NCc4ccco4)nc3[C@H]2C)c1.